The van der Waals surface area contributed by atoms with Crippen molar-refractivity contribution in [2.75, 3.05) is 18.4 Å². The van der Waals surface area contributed by atoms with Gasteiger partial charge in [-0.1, -0.05) is 24.3 Å². The van der Waals surface area contributed by atoms with E-state index < -0.39 is 0 Å². The quantitative estimate of drug-likeness (QED) is 0.891. The summed E-state index contributed by atoms with van der Waals surface area (Å²) in [6.45, 7) is 3.25. The van der Waals surface area contributed by atoms with Gasteiger partial charge in [-0.15, -0.1) is 0 Å². The summed E-state index contributed by atoms with van der Waals surface area (Å²) in [7, 11) is 0. The van der Waals surface area contributed by atoms with Crippen LogP contribution >= 0.6 is 0 Å². The number of benzene rings is 1. The van der Waals surface area contributed by atoms with Gasteiger partial charge in [0.05, 0.1) is 6.61 Å². The third kappa shape index (κ3) is 3.84. The molecule has 1 aliphatic rings. The van der Waals surface area contributed by atoms with Gasteiger partial charge < -0.3 is 10.4 Å². The SMILES string of the molecule is OCc1ccccc1NC1CCN(Cc2cccnc2)CC1. The first-order chi connectivity index (χ1) is 10.8. The van der Waals surface area contributed by atoms with Crippen molar-refractivity contribution < 1.29 is 5.11 Å². The van der Waals surface area contributed by atoms with Crippen LogP contribution in [0.3, 0.4) is 0 Å². The molecule has 1 aliphatic heterocycles. The molecule has 4 nitrogen and oxygen atoms in total. The van der Waals surface area contributed by atoms with Crippen molar-refractivity contribution in [2.24, 2.45) is 0 Å². The molecule has 0 spiro atoms. The minimum absolute atomic E-state index is 0.0863. The van der Waals surface area contributed by atoms with Crippen LogP contribution in [0.1, 0.15) is 24.0 Å². The normalized spacial score (nSPS) is 16.6. The lowest BCUT2D eigenvalue weighted by molar-refractivity contribution is 0.211. The summed E-state index contributed by atoms with van der Waals surface area (Å²) in [6.07, 6.45) is 6.01. The summed E-state index contributed by atoms with van der Waals surface area (Å²) in [6, 6.07) is 12.6. The Morgan fingerprint density at radius 2 is 1.95 bits per heavy atom. The van der Waals surface area contributed by atoms with Crippen molar-refractivity contribution in [3.63, 3.8) is 0 Å². The Kier molecular flexibility index (Phi) is 5.03. The number of para-hydroxylation sites is 1. The molecule has 0 aliphatic carbocycles. The predicted octanol–water partition coefficient (Wildman–Crippen LogP) is 2.65. The summed E-state index contributed by atoms with van der Waals surface area (Å²) in [5.74, 6) is 0. The molecule has 1 saturated heterocycles. The van der Waals surface area contributed by atoms with Gasteiger partial charge in [-0.05, 0) is 30.5 Å². The van der Waals surface area contributed by atoms with E-state index in [4.69, 9.17) is 0 Å². The molecule has 22 heavy (non-hydrogen) atoms. The smallest absolute Gasteiger partial charge is 0.0701 e. The molecule has 1 aromatic heterocycles. The molecule has 2 aromatic rings. The van der Waals surface area contributed by atoms with Crippen molar-refractivity contribution in [2.45, 2.75) is 32.0 Å². The molecule has 2 heterocycles. The summed E-state index contributed by atoms with van der Waals surface area (Å²) in [4.78, 5) is 6.66. The van der Waals surface area contributed by atoms with Crippen LogP contribution in [-0.4, -0.2) is 34.1 Å². The van der Waals surface area contributed by atoms with E-state index in [1.165, 1.54) is 5.56 Å². The van der Waals surface area contributed by atoms with Crippen LogP contribution in [0.25, 0.3) is 0 Å². The molecule has 4 heteroatoms. The van der Waals surface area contributed by atoms with Crippen LogP contribution in [0.5, 0.6) is 0 Å². The summed E-state index contributed by atoms with van der Waals surface area (Å²) in [5.41, 5.74) is 3.32. The molecule has 2 N–H and O–H groups in total. The molecule has 3 rings (SSSR count). The Balaban J connectivity index is 1.51. The lowest BCUT2D eigenvalue weighted by Gasteiger charge is -2.33. The molecule has 116 valence electrons. The number of aromatic nitrogens is 1. The largest absolute Gasteiger partial charge is 0.392 e. The van der Waals surface area contributed by atoms with Crippen LogP contribution in [0.4, 0.5) is 5.69 Å². The van der Waals surface area contributed by atoms with Gasteiger partial charge in [-0.2, -0.15) is 0 Å². The average Bonchev–Trinajstić information content (AvgIpc) is 2.58. The van der Waals surface area contributed by atoms with E-state index in [0.29, 0.717) is 6.04 Å². The topological polar surface area (TPSA) is 48.4 Å². The minimum Gasteiger partial charge on any atom is -0.392 e. The third-order valence-corrected chi connectivity index (χ3v) is 4.26. The number of likely N-dealkylation sites (tertiary alicyclic amines) is 1. The highest BCUT2D eigenvalue weighted by molar-refractivity contribution is 5.51. The average molecular weight is 297 g/mol. The molecule has 0 unspecified atom stereocenters. The lowest BCUT2D eigenvalue weighted by Crippen LogP contribution is -2.38. The Bertz CT molecular complexity index is 580. The Morgan fingerprint density at radius 1 is 1.14 bits per heavy atom. The van der Waals surface area contributed by atoms with Crippen molar-refractivity contribution in [3.05, 3.63) is 59.9 Å². The van der Waals surface area contributed by atoms with Crippen LogP contribution in [0.2, 0.25) is 0 Å². The van der Waals surface area contributed by atoms with E-state index in [2.05, 4.69) is 21.3 Å². The van der Waals surface area contributed by atoms with E-state index in [1.54, 1.807) is 0 Å². The highest BCUT2D eigenvalue weighted by Gasteiger charge is 2.19. The lowest BCUT2D eigenvalue weighted by atomic mass is 10.0. The number of pyridine rings is 1. The number of nitrogens with one attached hydrogen (secondary N) is 1. The fourth-order valence-corrected chi connectivity index (χ4v) is 3.00. The van der Waals surface area contributed by atoms with Gasteiger partial charge in [0.25, 0.3) is 0 Å². The summed E-state index contributed by atoms with van der Waals surface area (Å²) < 4.78 is 0. The van der Waals surface area contributed by atoms with Crippen LogP contribution in [0, 0.1) is 0 Å². The number of rotatable bonds is 5. The Labute approximate surface area is 131 Å². The number of hydrogen-bond donors (Lipinski definition) is 2. The maximum atomic E-state index is 9.40. The fraction of sp³-hybridized carbons (Fsp3) is 0.389. The van der Waals surface area contributed by atoms with Gasteiger partial charge in [-0.3, -0.25) is 9.88 Å². The maximum Gasteiger partial charge on any atom is 0.0701 e. The molecule has 0 bridgehead atoms. The predicted molar refractivity (Wildman–Crippen MR) is 88.5 cm³/mol. The van der Waals surface area contributed by atoms with Gasteiger partial charge in [0, 0.05) is 49.3 Å². The number of piperidine rings is 1. The second-order valence-corrected chi connectivity index (χ2v) is 5.87. The molecular weight excluding hydrogens is 274 g/mol. The van der Waals surface area contributed by atoms with Gasteiger partial charge in [0.2, 0.25) is 0 Å². The van der Waals surface area contributed by atoms with E-state index in [9.17, 15) is 5.11 Å². The summed E-state index contributed by atoms with van der Waals surface area (Å²) >= 11 is 0. The van der Waals surface area contributed by atoms with Crippen molar-refractivity contribution in [1.82, 2.24) is 9.88 Å². The monoisotopic (exact) mass is 297 g/mol. The zero-order valence-electron chi connectivity index (χ0n) is 12.8. The van der Waals surface area contributed by atoms with Gasteiger partial charge >= 0.3 is 0 Å². The second-order valence-electron chi connectivity index (χ2n) is 5.87. The zero-order valence-corrected chi connectivity index (χ0v) is 12.8. The van der Waals surface area contributed by atoms with E-state index in [1.807, 2.05) is 42.7 Å². The standard InChI is InChI=1S/C18H23N3O/c22-14-16-5-1-2-6-18(16)20-17-7-10-21(11-8-17)13-15-4-3-9-19-12-15/h1-6,9,12,17,20,22H,7-8,10-11,13-14H2. The first-order valence-corrected chi connectivity index (χ1v) is 7.91. The Hall–Kier alpha value is -1.91. The highest BCUT2D eigenvalue weighted by Crippen LogP contribution is 2.21. The zero-order chi connectivity index (χ0) is 15.2. The van der Waals surface area contributed by atoms with E-state index >= 15 is 0 Å². The third-order valence-electron chi connectivity index (χ3n) is 4.26. The van der Waals surface area contributed by atoms with Crippen LogP contribution in [-0.2, 0) is 13.2 Å². The molecule has 1 fully saturated rings. The van der Waals surface area contributed by atoms with Crippen molar-refractivity contribution in [3.8, 4) is 0 Å². The highest BCUT2D eigenvalue weighted by atomic mass is 16.3. The van der Waals surface area contributed by atoms with Crippen LogP contribution < -0.4 is 5.32 Å². The molecule has 0 atom stereocenters. The molecular formula is C18H23N3O. The first kappa shape index (κ1) is 15.0. The summed E-state index contributed by atoms with van der Waals surface area (Å²) in [5, 5.41) is 13.0. The van der Waals surface area contributed by atoms with Gasteiger partial charge in [0.1, 0.15) is 0 Å². The maximum absolute atomic E-state index is 9.40. The van der Waals surface area contributed by atoms with Gasteiger partial charge in [0.15, 0.2) is 0 Å². The van der Waals surface area contributed by atoms with Crippen molar-refractivity contribution in [1.29, 1.82) is 0 Å². The fourth-order valence-electron chi connectivity index (χ4n) is 3.00. The molecule has 0 saturated carbocycles. The first-order valence-electron chi connectivity index (χ1n) is 7.91. The Morgan fingerprint density at radius 3 is 2.68 bits per heavy atom. The number of aliphatic hydroxyl groups is 1. The van der Waals surface area contributed by atoms with Gasteiger partial charge in [-0.25, -0.2) is 0 Å². The molecule has 1 aromatic carbocycles. The number of anilines is 1. The number of nitrogens with zero attached hydrogens (tertiary/aromatic N) is 2. The number of aliphatic hydroxyl groups excluding tert-OH is 1. The van der Waals surface area contributed by atoms with E-state index in [-0.39, 0.29) is 6.61 Å². The van der Waals surface area contributed by atoms with Crippen LogP contribution in [0.15, 0.2) is 48.8 Å². The van der Waals surface area contributed by atoms with E-state index in [0.717, 1.165) is 43.7 Å². The number of hydrogen-bond acceptors (Lipinski definition) is 4. The second kappa shape index (κ2) is 7.38. The molecule has 0 radical (unpaired) electrons. The van der Waals surface area contributed by atoms with Crippen molar-refractivity contribution >= 4 is 5.69 Å². The minimum atomic E-state index is 0.0863. The molecule has 0 amide bonds.